The van der Waals surface area contributed by atoms with Crippen LogP contribution in [0.15, 0.2) is 66.7 Å². The molecule has 0 aliphatic carbocycles. The lowest BCUT2D eigenvalue weighted by Gasteiger charge is -2.30. The molecule has 0 atom stereocenters. The van der Waals surface area contributed by atoms with E-state index < -0.39 is 5.91 Å². The fourth-order valence-corrected chi connectivity index (χ4v) is 5.89. The number of morpholine rings is 1. The molecule has 13 heteroatoms. The lowest BCUT2D eigenvalue weighted by Crippen LogP contribution is -2.37. The molecule has 3 aromatic carbocycles. The molecule has 49 heavy (non-hydrogen) atoms. The minimum atomic E-state index is -0.447. The number of nitrogens with one attached hydrogen (secondary N) is 1. The van der Waals surface area contributed by atoms with Crippen molar-refractivity contribution in [1.29, 1.82) is 0 Å². The number of para-hydroxylation sites is 1. The monoisotopic (exact) mass is 725 g/mol. The van der Waals surface area contributed by atoms with Crippen LogP contribution in [0.2, 0.25) is 10.0 Å². The van der Waals surface area contributed by atoms with E-state index in [-0.39, 0.29) is 42.4 Å². The smallest absolute Gasteiger partial charge is 0.253 e. The van der Waals surface area contributed by atoms with Crippen LogP contribution < -0.4 is 19.9 Å². The van der Waals surface area contributed by atoms with E-state index in [2.05, 4.69) is 16.3 Å². The zero-order valence-electron chi connectivity index (χ0n) is 27.7. The quantitative estimate of drug-likeness (QED) is 0.195. The van der Waals surface area contributed by atoms with Crippen molar-refractivity contribution >= 4 is 81.7 Å². The number of benzene rings is 3. The number of amides is 3. The first kappa shape index (κ1) is 37.5. The zero-order chi connectivity index (χ0) is 34.4. The highest BCUT2D eigenvalue weighted by atomic mass is 35.5. The van der Waals surface area contributed by atoms with Crippen molar-refractivity contribution < 1.29 is 23.9 Å². The summed E-state index contributed by atoms with van der Waals surface area (Å²) < 4.78 is 11.8. The minimum absolute atomic E-state index is 0. The highest BCUT2D eigenvalue weighted by Gasteiger charge is 2.21. The van der Waals surface area contributed by atoms with Crippen LogP contribution in [-0.4, -0.2) is 81.6 Å². The zero-order valence-corrected chi connectivity index (χ0v) is 30.0. The SMILES string of the molecule is Cc1cc(N2CCOCC2)c2cccc(OCc3c(Cl)ccc(N(C)C(=O)CNC(=O)/C=C/c4ccc(C(=O)N(C)C)cc4)c3Cl)c2n1.Cl. The van der Waals surface area contributed by atoms with Crippen LogP contribution in [0.3, 0.4) is 0 Å². The second kappa shape index (κ2) is 16.8. The van der Waals surface area contributed by atoms with Crippen molar-refractivity contribution in [3.05, 3.63) is 99.2 Å². The average molecular weight is 727 g/mol. The highest BCUT2D eigenvalue weighted by molar-refractivity contribution is 6.38. The summed E-state index contributed by atoms with van der Waals surface area (Å²) in [4.78, 5) is 47.5. The summed E-state index contributed by atoms with van der Waals surface area (Å²) in [7, 11) is 4.94. The molecule has 3 amide bonds. The topological polar surface area (TPSA) is 104 Å². The van der Waals surface area contributed by atoms with Crippen molar-refractivity contribution in [3.63, 3.8) is 0 Å². The maximum atomic E-state index is 13.1. The van der Waals surface area contributed by atoms with E-state index in [0.717, 1.165) is 40.9 Å². The van der Waals surface area contributed by atoms with Crippen LogP contribution in [0.25, 0.3) is 17.0 Å². The molecule has 1 fully saturated rings. The van der Waals surface area contributed by atoms with Crippen LogP contribution >= 0.6 is 35.6 Å². The van der Waals surface area contributed by atoms with Gasteiger partial charge in [-0.05, 0) is 55.0 Å². The number of halogens is 3. The Labute approximate surface area is 302 Å². The van der Waals surface area contributed by atoms with Gasteiger partial charge < -0.3 is 29.5 Å². The third-order valence-corrected chi connectivity index (χ3v) is 8.71. The molecule has 0 spiro atoms. The molecule has 0 radical (unpaired) electrons. The largest absolute Gasteiger partial charge is 0.487 e. The van der Waals surface area contributed by atoms with Crippen molar-refractivity contribution in [3.8, 4) is 5.75 Å². The van der Waals surface area contributed by atoms with E-state index in [9.17, 15) is 14.4 Å². The van der Waals surface area contributed by atoms with E-state index in [4.69, 9.17) is 37.7 Å². The van der Waals surface area contributed by atoms with Crippen LogP contribution in [0, 0.1) is 6.92 Å². The van der Waals surface area contributed by atoms with Crippen molar-refractivity contribution in [1.82, 2.24) is 15.2 Å². The second-order valence-corrected chi connectivity index (χ2v) is 12.3. The summed E-state index contributed by atoms with van der Waals surface area (Å²) in [6.45, 7) is 4.68. The molecule has 1 aliphatic rings. The molecule has 0 unspecified atom stereocenters. The highest BCUT2D eigenvalue weighted by Crippen LogP contribution is 2.37. The van der Waals surface area contributed by atoms with Crippen molar-refractivity contribution in [2.24, 2.45) is 0 Å². The van der Waals surface area contributed by atoms with E-state index in [0.29, 0.717) is 40.8 Å². The summed E-state index contributed by atoms with van der Waals surface area (Å²) in [6.07, 6.45) is 2.93. The Hall–Kier alpha value is -4.35. The van der Waals surface area contributed by atoms with Gasteiger partial charge in [-0.3, -0.25) is 14.4 Å². The standard InChI is InChI=1S/C36H37Cl2N5O5.ClH/c1-23-20-30(43-16-18-47-19-17-43)26-6-5-7-31(35(26)40-23)48-22-27-28(37)13-14-29(34(27)38)42(4)33(45)21-39-32(44)15-10-24-8-11-25(12-9-24)36(46)41(2)3;/h5-15,20H,16-19,21-22H2,1-4H3,(H,39,44);1H/b15-10+;. The number of hydrogen-bond acceptors (Lipinski definition) is 7. The van der Waals surface area contributed by atoms with Gasteiger partial charge in [-0.15, -0.1) is 12.4 Å². The van der Waals surface area contributed by atoms with Crippen LogP contribution in [-0.2, 0) is 20.9 Å². The van der Waals surface area contributed by atoms with Gasteiger partial charge >= 0.3 is 0 Å². The number of rotatable bonds is 10. The molecule has 0 bridgehead atoms. The number of aromatic nitrogens is 1. The molecule has 1 aliphatic heterocycles. The number of hydrogen-bond donors (Lipinski definition) is 1. The summed E-state index contributed by atoms with van der Waals surface area (Å²) in [5.74, 6) is -0.357. The molecule has 2 heterocycles. The van der Waals surface area contributed by atoms with Gasteiger partial charge in [0.1, 0.15) is 17.9 Å². The first-order chi connectivity index (χ1) is 23.0. The number of nitrogens with zero attached hydrogens (tertiary/aromatic N) is 4. The molecular weight excluding hydrogens is 689 g/mol. The first-order valence-corrected chi connectivity index (χ1v) is 16.2. The van der Waals surface area contributed by atoms with E-state index in [1.165, 1.54) is 15.9 Å². The number of likely N-dealkylation sites (N-methyl/N-ethyl adjacent to an activating group) is 1. The lowest BCUT2D eigenvalue weighted by atomic mass is 10.1. The van der Waals surface area contributed by atoms with Crippen LogP contribution in [0.4, 0.5) is 11.4 Å². The van der Waals surface area contributed by atoms with Gasteiger partial charge in [-0.2, -0.15) is 0 Å². The maximum absolute atomic E-state index is 13.1. The molecule has 5 rings (SSSR count). The summed E-state index contributed by atoms with van der Waals surface area (Å²) in [5.41, 5.74) is 4.90. The Balaban J connectivity index is 0.00000541. The summed E-state index contributed by atoms with van der Waals surface area (Å²) in [6, 6.07) is 18.1. The molecular formula is C36H38Cl3N5O5. The molecule has 258 valence electrons. The third kappa shape index (κ3) is 9.01. The third-order valence-electron chi connectivity index (χ3n) is 7.94. The van der Waals surface area contributed by atoms with E-state index in [1.807, 2.05) is 25.1 Å². The van der Waals surface area contributed by atoms with Crippen LogP contribution in [0.5, 0.6) is 5.75 Å². The Kier molecular flexibility index (Phi) is 12.9. The molecule has 10 nitrogen and oxygen atoms in total. The van der Waals surface area contributed by atoms with Gasteiger partial charge in [0, 0.05) is 73.2 Å². The minimum Gasteiger partial charge on any atom is -0.487 e. The molecule has 0 saturated carbocycles. The number of ether oxygens (including phenoxy) is 2. The van der Waals surface area contributed by atoms with Gasteiger partial charge in [-0.25, -0.2) is 4.98 Å². The number of aryl methyl sites for hydroxylation is 1. The average Bonchev–Trinajstić information content (AvgIpc) is 3.09. The predicted molar refractivity (Wildman–Crippen MR) is 197 cm³/mol. The summed E-state index contributed by atoms with van der Waals surface area (Å²) in [5, 5.41) is 4.23. The van der Waals surface area contributed by atoms with Gasteiger partial charge in [-0.1, -0.05) is 47.5 Å². The Morgan fingerprint density at radius 2 is 1.73 bits per heavy atom. The molecule has 1 saturated heterocycles. The number of carbonyl (C=O) groups excluding carboxylic acids is 3. The fourth-order valence-electron chi connectivity index (χ4n) is 5.28. The predicted octanol–water partition coefficient (Wildman–Crippen LogP) is 6.18. The van der Waals surface area contributed by atoms with E-state index in [1.54, 1.807) is 63.6 Å². The lowest BCUT2D eigenvalue weighted by molar-refractivity contribution is -0.122. The Bertz CT molecular complexity index is 1860. The number of carbonyl (C=O) groups is 3. The Morgan fingerprint density at radius 1 is 1.02 bits per heavy atom. The number of anilines is 2. The normalized spacial score (nSPS) is 12.8. The van der Waals surface area contributed by atoms with Gasteiger partial charge in [0.05, 0.1) is 30.5 Å². The fraction of sp³-hybridized carbons (Fsp3) is 0.278. The molecule has 1 aromatic heterocycles. The number of pyridine rings is 1. The molecule has 4 aromatic rings. The van der Waals surface area contributed by atoms with Crippen molar-refractivity contribution in [2.75, 3.05) is 63.8 Å². The van der Waals surface area contributed by atoms with Gasteiger partial charge in [0.2, 0.25) is 11.8 Å². The van der Waals surface area contributed by atoms with Crippen molar-refractivity contribution in [2.45, 2.75) is 13.5 Å². The second-order valence-electron chi connectivity index (χ2n) is 11.5. The summed E-state index contributed by atoms with van der Waals surface area (Å²) >= 11 is 13.4. The first-order valence-electron chi connectivity index (χ1n) is 15.4. The van der Waals surface area contributed by atoms with Gasteiger partial charge in [0.25, 0.3) is 5.91 Å². The molecule has 1 N–H and O–H groups in total. The maximum Gasteiger partial charge on any atom is 0.253 e. The van der Waals surface area contributed by atoms with E-state index >= 15 is 0 Å². The van der Waals surface area contributed by atoms with Crippen LogP contribution in [0.1, 0.15) is 27.2 Å². The number of fused-ring (bicyclic) bond motifs is 1. The Morgan fingerprint density at radius 3 is 2.43 bits per heavy atom. The van der Waals surface area contributed by atoms with Gasteiger partial charge in [0.15, 0.2) is 0 Å².